The second-order valence-electron chi connectivity index (χ2n) is 6.75. The number of hydrogen-bond donors (Lipinski definition) is 1. The topological polar surface area (TPSA) is 82.5 Å². The molecular formula is C18H11F9N4O2. The Morgan fingerprint density at radius 1 is 1.09 bits per heavy atom. The molecule has 1 aromatic carbocycles. The first-order chi connectivity index (χ1) is 15.0. The van der Waals surface area contributed by atoms with Crippen LogP contribution in [0.3, 0.4) is 0 Å². The van der Waals surface area contributed by atoms with Gasteiger partial charge in [0.05, 0.1) is 11.9 Å². The molecule has 2 aromatic heterocycles. The molecule has 3 rings (SSSR count). The number of anilines is 1. The highest BCUT2D eigenvalue weighted by atomic mass is 19.4. The van der Waals surface area contributed by atoms with E-state index in [1.165, 1.54) is 6.92 Å². The highest BCUT2D eigenvalue weighted by molar-refractivity contribution is 5.76. The molecule has 33 heavy (non-hydrogen) atoms. The maximum Gasteiger partial charge on any atom is 0.490 e. The molecule has 0 saturated heterocycles. The molecule has 0 bridgehead atoms. The van der Waals surface area contributed by atoms with Crippen molar-refractivity contribution < 1.29 is 49.0 Å². The summed E-state index contributed by atoms with van der Waals surface area (Å²) in [6.07, 6.45) is -17.8. The van der Waals surface area contributed by atoms with Crippen molar-refractivity contribution in [2.45, 2.75) is 31.6 Å². The Morgan fingerprint density at radius 2 is 1.73 bits per heavy atom. The van der Waals surface area contributed by atoms with E-state index in [2.05, 4.69) is 14.7 Å². The quantitative estimate of drug-likeness (QED) is 0.416. The fourth-order valence-corrected chi connectivity index (χ4v) is 2.92. The Hall–Kier alpha value is -3.52. The van der Waals surface area contributed by atoms with E-state index in [1.54, 1.807) is 0 Å². The largest absolute Gasteiger partial charge is 0.490 e. The van der Waals surface area contributed by atoms with Crippen LogP contribution in [-0.4, -0.2) is 32.7 Å². The van der Waals surface area contributed by atoms with Gasteiger partial charge in [-0.25, -0.2) is 14.8 Å². The maximum absolute atomic E-state index is 13.4. The van der Waals surface area contributed by atoms with Gasteiger partial charge in [0, 0.05) is 17.3 Å². The summed E-state index contributed by atoms with van der Waals surface area (Å²) < 4.78 is 121. The van der Waals surface area contributed by atoms with Crippen LogP contribution < -0.4 is 5.73 Å². The van der Waals surface area contributed by atoms with E-state index >= 15 is 0 Å². The van der Waals surface area contributed by atoms with Crippen molar-refractivity contribution in [3.8, 4) is 11.3 Å². The molecule has 1 atom stereocenters. The Kier molecular flexibility index (Phi) is 5.71. The molecule has 2 N–H and O–H groups in total. The molecule has 6 nitrogen and oxygen atoms in total. The third-order valence-corrected chi connectivity index (χ3v) is 4.40. The monoisotopic (exact) mass is 486 g/mol. The second-order valence-corrected chi connectivity index (χ2v) is 6.75. The fourth-order valence-electron chi connectivity index (χ4n) is 2.92. The third-order valence-electron chi connectivity index (χ3n) is 4.40. The van der Waals surface area contributed by atoms with Crippen LogP contribution >= 0.6 is 0 Å². The molecule has 3 aromatic rings. The van der Waals surface area contributed by atoms with Crippen LogP contribution in [0.15, 0.2) is 30.6 Å². The van der Waals surface area contributed by atoms with Gasteiger partial charge in [-0.3, -0.25) is 4.40 Å². The number of nitrogen functional groups attached to an aromatic ring is 1. The number of nitrogens with zero attached hydrogens (tertiary/aromatic N) is 3. The second kappa shape index (κ2) is 7.81. The van der Waals surface area contributed by atoms with Gasteiger partial charge in [0.15, 0.2) is 17.2 Å². The molecule has 0 aliphatic heterocycles. The summed E-state index contributed by atoms with van der Waals surface area (Å²) in [5.41, 5.74) is 2.91. The van der Waals surface area contributed by atoms with Crippen LogP contribution in [-0.2, 0) is 15.7 Å². The van der Waals surface area contributed by atoms with Gasteiger partial charge < -0.3 is 10.5 Å². The first-order valence-electron chi connectivity index (χ1n) is 8.66. The Morgan fingerprint density at radius 3 is 2.27 bits per heavy atom. The number of ether oxygens (including phenoxy) is 1. The van der Waals surface area contributed by atoms with Gasteiger partial charge in [0.2, 0.25) is 6.10 Å². The average molecular weight is 486 g/mol. The number of carbonyl (C=O) groups excluding carboxylic acids is 1. The maximum atomic E-state index is 13.4. The molecule has 0 aliphatic rings. The molecule has 0 amide bonds. The lowest BCUT2D eigenvalue weighted by Crippen LogP contribution is -2.33. The minimum atomic E-state index is -5.68. The number of halogens is 9. The minimum absolute atomic E-state index is 0.129. The van der Waals surface area contributed by atoms with Gasteiger partial charge >= 0.3 is 24.5 Å². The van der Waals surface area contributed by atoms with Crippen LogP contribution in [0, 0.1) is 6.92 Å². The predicted molar refractivity (Wildman–Crippen MR) is 93.5 cm³/mol. The van der Waals surface area contributed by atoms with Crippen LogP contribution in [0.2, 0.25) is 0 Å². The Labute approximate surface area is 177 Å². The number of carbonyl (C=O) groups is 1. The summed E-state index contributed by atoms with van der Waals surface area (Å²) in [5, 5.41) is 0. The van der Waals surface area contributed by atoms with Crippen molar-refractivity contribution in [1.82, 2.24) is 14.4 Å². The highest BCUT2D eigenvalue weighted by Gasteiger charge is 2.50. The van der Waals surface area contributed by atoms with Gasteiger partial charge in [-0.1, -0.05) is 12.1 Å². The predicted octanol–water partition coefficient (Wildman–Crippen LogP) is 5.01. The normalized spacial score (nSPS) is 13.9. The summed E-state index contributed by atoms with van der Waals surface area (Å²) in [4.78, 5) is 18.0. The van der Waals surface area contributed by atoms with Crippen molar-refractivity contribution in [2.24, 2.45) is 0 Å². The van der Waals surface area contributed by atoms with Gasteiger partial charge in [0.1, 0.15) is 0 Å². The van der Waals surface area contributed by atoms with Gasteiger partial charge in [-0.15, -0.1) is 0 Å². The van der Waals surface area contributed by atoms with Crippen LogP contribution in [0.5, 0.6) is 0 Å². The number of hydrogen-bond acceptors (Lipinski definition) is 5. The van der Waals surface area contributed by atoms with E-state index in [1.807, 2.05) is 0 Å². The van der Waals surface area contributed by atoms with Gasteiger partial charge in [-0.2, -0.15) is 39.5 Å². The summed E-state index contributed by atoms with van der Waals surface area (Å²) >= 11 is 0. The summed E-state index contributed by atoms with van der Waals surface area (Å²) in [6, 6.07) is 2.59. The molecule has 0 radical (unpaired) electrons. The number of esters is 1. The van der Waals surface area contributed by atoms with Crippen molar-refractivity contribution in [3.05, 3.63) is 47.4 Å². The molecule has 178 valence electrons. The summed E-state index contributed by atoms with van der Waals surface area (Å²) in [5.74, 6) is -3.67. The lowest BCUT2D eigenvalue weighted by atomic mass is 9.99. The molecule has 1 unspecified atom stereocenters. The van der Waals surface area contributed by atoms with Crippen molar-refractivity contribution >= 4 is 17.4 Å². The number of aromatic nitrogens is 3. The van der Waals surface area contributed by atoms with Crippen LogP contribution in [0.4, 0.5) is 45.3 Å². The van der Waals surface area contributed by atoms with E-state index in [9.17, 15) is 44.3 Å². The van der Waals surface area contributed by atoms with Crippen molar-refractivity contribution in [3.63, 3.8) is 0 Å². The number of benzene rings is 1. The highest BCUT2D eigenvalue weighted by Crippen LogP contribution is 2.40. The number of nitrogens with two attached hydrogens (primary N) is 1. The molecule has 0 fully saturated rings. The lowest BCUT2D eigenvalue weighted by Gasteiger charge is -2.22. The van der Waals surface area contributed by atoms with Gasteiger partial charge in [-0.05, 0) is 18.6 Å². The van der Waals surface area contributed by atoms with E-state index in [-0.39, 0.29) is 22.5 Å². The van der Waals surface area contributed by atoms with E-state index in [0.29, 0.717) is 6.20 Å². The standard InChI is InChI=1S/C18H11F9N4O2/c1-7-2-3-8(12(17(22,23)24)33-15(32)18(25,26)27)4-9(7)10-5-29-14-13(28)30-11(6-31(10)14)16(19,20)21/h2-6,12H,1H3,(H2,28,30). The number of fused-ring (bicyclic) bond motifs is 1. The smallest absolute Gasteiger partial charge is 0.441 e. The molecule has 0 aliphatic carbocycles. The first kappa shape index (κ1) is 24.1. The molecule has 0 spiro atoms. The third kappa shape index (κ3) is 4.80. The zero-order chi connectivity index (χ0) is 24.9. The first-order valence-corrected chi connectivity index (χ1v) is 8.66. The minimum Gasteiger partial charge on any atom is -0.441 e. The molecule has 2 heterocycles. The van der Waals surface area contributed by atoms with E-state index in [4.69, 9.17) is 5.73 Å². The van der Waals surface area contributed by atoms with Crippen molar-refractivity contribution in [2.75, 3.05) is 5.73 Å². The Bertz CT molecular complexity index is 1210. The van der Waals surface area contributed by atoms with Gasteiger partial charge in [0.25, 0.3) is 0 Å². The summed E-state index contributed by atoms with van der Waals surface area (Å²) in [7, 11) is 0. The number of alkyl halides is 9. The van der Waals surface area contributed by atoms with Crippen LogP contribution in [0.25, 0.3) is 16.9 Å². The van der Waals surface area contributed by atoms with Crippen LogP contribution in [0.1, 0.15) is 22.9 Å². The zero-order valence-electron chi connectivity index (χ0n) is 16.1. The number of aryl methyl sites for hydroxylation is 1. The Balaban J connectivity index is 2.17. The average Bonchev–Trinajstić information content (AvgIpc) is 3.08. The van der Waals surface area contributed by atoms with E-state index < -0.39 is 47.7 Å². The van der Waals surface area contributed by atoms with Crippen molar-refractivity contribution in [1.29, 1.82) is 0 Å². The molecule has 15 heteroatoms. The number of rotatable bonds is 3. The lowest BCUT2D eigenvalue weighted by molar-refractivity contribution is -0.247. The zero-order valence-corrected chi connectivity index (χ0v) is 16.1. The summed E-state index contributed by atoms with van der Waals surface area (Å²) in [6.45, 7) is 1.39. The number of imidazole rings is 1. The molecular weight excluding hydrogens is 475 g/mol. The SMILES string of the molecule is Cc1ccc(C(OC(=O)C(F)(F)F)C(F)(F)F)cc1-c1cnc2c(N)nc(C(F)(F)F)cn12. The molecule has 0 saturated carbocycles. The fraction of sp³-hybridized carbons (Fsp3) is 0.278. The van der Waals surface area contributed by atoms with E-state index in [0.717, 1.165) is 28.8 Å².